The second kappa shape index (κ2) is 7.96. The highest BCUT2D eigenvalue weighted by atomic mass is 35.5. The maximum atomic E-state index is 13.5. The third-order valence-electron chi connectivity index (χ3n) is 3.11. The van der Waals surface area contributed by atoms with Crippen LogP contribution in [0.3, 0.4) is 0 Å². The Hall–Kier alpha value is -1.63. The van der Waals surface area contributed by atoms with E-state index in [-0.39, 0.29) is 18.5 Å². The fourth-order valence-electron chi connectivity index (χ4n) is 1.97. The minimum atomic E-state index is -1.20. The van der Waals surface area contributed by atoms with Crippen LogP contribution < -0.4 is 9.47 Å². The summed E-state index contributed by atoms with van der Waals surface area (Å²) in [5, 5.41) is -0.987. The van der Waals surface area contributed by atoms with Crippen molar-refractivity contribution in [1.29, 1.82) is 0 Å². The van der Waals surface area contributed by atoms with Gasteiger partial charge in [-0.05, 0) is 24.1 Å². The van der Waals surface area contributed by atoms with E-state index in [0.717, 1.165) is 5.56 Å². The molecule has 0 radical (unpaired) electrons. The normalized spacial score (nSPS) is 11.0. The van der Waals surface area contributed by atoms with E-state index in [9.17, 15) is 8.78 Å². The lowest BCUT2D eigenvalue weighted by Gasteiger charge is -2.16. The second-order valence-electron chi connectivity index (χ2n) is 5.16. The van der Waals surface area contributed by atoms with Gasteiger partial charge in [0.05, 0.1) is 0 Å². The van der Waals surface area contributed by atoms with Gasteiger partial charge in [-0.2, -0.15) is 13.8 Å². The van der Waals surface area contributed by atoms with Crippen molar-refractivity contribution in [2.24, 2.45) is 0 Å². The van der Waals surface area contributed by atoms with Crippen LogP contribution >= 0.6 is 23.2 Å². The van der Waals surface area contributed by atoms with E-state index in [4.69, 9.17) is 37.4 Å². The Morgan fingerprint density at radius 1 is 1.12 bits per heavy atom. The molecule has 0 saturated heterocycles. The van der Waals surface area contributed by atoms with Gasteiger partial charge in [-0.1, -0.05) is 37.0 Å². The van der Waals surface area contributed by atoms with E-state index < -0.39 is 21.9 Å². The minimum Gasteiger partial charge on any atom is -0.467 e. The number of benzene rings is 1. The number of nitrogens with zero attached hydrogens (tertiary/aromatic N) is 1. The summed E-state index contributed by atoms with van der Waals surface area (Å²) in [5.41, 5.74) is 0.826. The highest BCUT2D eigenvalue weighted by Crippen LogP contribution is 2.40. The Morgan fingerprint density at radius 2 is 1.75 bits per heavy atom. The van der Waals surface area contributed by atoms with Crippen LogP contribution in [-0.4, -0.2) is 18.9 Å². The average Bonchev–Trinajstić information content (AvgIpc) is 2.55. The molecule has 130 valence electrons. The van der Waals surface area contributed by atoms with Crippen molar-refractivity contribution in [3.05, 3.63) is 45.7 Å². The van der Waals surface area contributed by atoms with Crippen molar-refractivity contribution in [2.45, 2.75) is 19.8 Å². The van der Waals surface area contributed by atoms with Crippen molar-refractivity contribution in [3.63, 3.8) is 0 Å². The van der Waals surface area contributed by atoms with Gasteiger partial charge in [-0.25, -0.2) is 0 Å². The maximum absolute atomic E-state index is 13.5. The summed E-state index contributed by atoms with van der Waals surface area (Å²) in [6.45, 7) is 4.02. The topological polar surface area (TPSA) is 40.6 Å². The molecule has 0 unspecified atom stereocenters. The predicted molar refractivity (Wildman–Crippen MR) is 87.3 cm³/mol. The SMILES string of the molecule is COCOc1ccc(Oc2c(Cl)c(F)nc(F)c2Cl)cc1C(C)C. The molecule has 0 fully saturated rings. The zero-order chi connectivity index (χ0) is 17.9. The van der Waals surface area contributed by atoms with Crippen LogP contribution in [0, 0.1) is 11.9 Å². The van der Waals surface area contributed by atoms with Gasteiger partial charge < -0.3 is 14.2 Å². The Morgan fingerprint density at radius 3 is 2.29 bits per heavy atom. The van der Waals surface area contributed by atoms with E-state index in [0.29, 0.717) is 11.5 Å². The molecule has 1 heterocycles. The quantitative estimate of drug-likeness (QED) is 0.487. The summed E-state index contributed by atoms with van der Waals surface area (Å²) >= 11 is 11.5. The molecule has 0 saturated carbocycles. The highest BCUT2D eigenvalue weighted by Gasteiger charge is 2.20. The van der Waals surface area contributed by atoms with Crippen LogP contribution in [0.1, 0.15) is 25.3 Å². The van der Waals surface area contributed by atoms with Gasteiger partial charge in [-0.3, -0.25) is 0 Å². The van der Waals surface area contributed by atoms with E-state index in [1.54, 1.807) is 18.2 Å². The number of hydrogen-bond acceptors (Lipinski definition) is 4. The number of ether oxygens (including phenoxy) is 3. The molecule has 0 atom stereocenters. The van der Waals surface area contributed by atoms with Gasteiger partial charge in [0, 0.05) is 12.7 Å². The number of hydrogen-bond donors (Lipinski definition) is 0. The first-order valence-corrected chi connectivity index (χ1v) is 7.74. The lowest BCUT2D eigenvalue weighted by Crippen LogP contribution is -2.03. The van der Waals surface area contributed by atoms with Crippen LogP contribution in [0.5, 0.6) is 17.2 Å². The summed E-state index contributed by atoms with van der Waals surface area (Å²) < 4.78 is 42.8. The largest absolute Gasteiger partial charge is 0.467 e. The Bertz CT molecular complexity index is 715. The van der Waals surface area contributed by atoms with Crippen molar-refractivity contribution < 1.29 is 23.0 Å². The molecule has 0 N–H and O–H groups in total. The molecule has 0 aliphatic carbocycles. The summed E-state index contributed by atoms with van der Waals surface area (Å²) in [6, 6.07) is 4.91. The lowest BCUT2D eigenvalue weighted by atomic mass is 10.0. The van der Waals surface area contributed by atoms with Crippen LogP contribution in [0.15, 0.2) is 18.2 Å². The van der Waals surface area contributed by atoms with Crippen molar-refractivity contribution in [2.75, 3.05) is 13.9 Å². The Kier molecular flexibility index (Phi) is 6.21. The van der Waals surface area contributed by atoms with Gasteiger partial charge in [0.2, 0.25) is 11.9 Å². The van der Waals surface area contributed by atoms with Gasteiger partial charge in [0.25, 0.3) is 0 Å². The first-order chi connectivity index (χ1) is 11.3. The number of methoxy groups -OCH3 is 1. The maximum Gasteiger partial charge on any atom is 0.238 e. The monoisotopic (exact) mass is 377 g/mol. The Labute approximate surface area is 148 Å². The third kappa shape index (κ3) is 4.06. The average molecular weight is 378 g/mol. The molecule has 0 aliphatic rings. The molecule has 4 nitrogen and oxygen atoms in total. The summed E-state index contributed by atoms with van der Waals surface area (Å²) in [4.78, 5) is 2.96. The van der Waals surface area contributed by atoms with Crippen LogP contribution in [0.2, 0.25) is 10.0 Å². The highest BCUT2D eigenvalue weighted by molar-refractivity contribution is 6.37. The van der Waals surface area contributed by atoms with Crippen LogP contribution in [0.25, 0.3) is 0 Å². The molecule has 0 amide bonds. The molecule has 24 heavy (non-hydrogen) atoms. The number of rotatable bonds is 6. The summed E-state index contributed by atoms with van der Waals surface area (Å²) in [5.74, 6) is -1.70. The molecule has 0 spiro atoms. The molecule has 0 bridgehead atoms. The Balaban J connectivity index is 2.39. The third-order valence-corrected chi connectivity index (χ3v) is 3.77. The molecular formula is C16H15Cl2F2NO3. The van der Waals surface area contributed by atoms with E-state index in [1.807, 2.05) is 13.8 Å². The molecule has 2 rings (SSSR count). The second-order valence-corrected chi connectivity index (χ2v) is 5.91. The van der Waals surface area contributed by atoms with E-state index >= 15 is 0 Å². The minimum absolute atomic E-state index is 0.0956. The standard InChI is InChI=1S/C16H15Cl2F2NO3/c1-8(2)10-6-9(4-5-11(10)23-7-22-3)24-14-12(17)15(19)21-16(20)13(14)18/h4-6,8H,7H2,1-3H3. The smallest absolute Gasteiger partial charge is 0.238 e. The zero-order valence-corrected chi connectivity index (χ0v) is 14.7. The molecular weight excluding hydrogens is 363 g/mol. The fourth-order valence-corrected chi connectivity index (χ4v) is 2.37. The van der Waals surface area contributed by atoms with Crippen LogP contribution in [-0.2, 0) is 4.74 Å². The fraction of sp³-hybridized carbons (Fsp3) is 0.312. The van der Waals surface area contributed by atoms with Gasteiger partial charge in [0.15, 0.2) is 12.5 Å². The van der Waals surface area contributed by atoms with Crippen molar-refractivity contribution in [1.82, 2.24) is 4.98 Å². The van der Waals surface area contributed by atoms with Gasteiger partial charge >= 0.3 is 0 Å². The summed E-state index contributed by atoms with van der Waals surface area (Å²) in [6.07, 6.45) is 0. The number of halogens is 4. The van der Waals surface area contributed by atoms with Crippen LogP contribution in [0.4, 0.5) is 8.78 Å². The van der Waals surface area contributed by atoms with E-state index in [1.165, 1.54) is 7.11 Å². The lowest BCUT2D eigenvalue weighted by molar-refractivity contribution is 0.0502. The first kappa shape index (κ1) is 18.7. The molecule has 1 aromatic carbocycles. The first-order valence-electron chi connectivity index (χ1n) is 6.98. The molecule has 8 heteroatoms. The number of aromatic nitrogens is 1. The number of pyridine rings is 1. The van der Waals surface area contributed by atoms with E-state index in [2.05, 4.69) is 4.98 Å². The summed E-state index contributed by atoms with van der Waals surface area (Å²) in [7, 11) is 1.52. The van der Waals surface area contributed by atoms with Crippen molar-refractivity contribution in [3.8, 4) is 17.2 Å². The van der Waals surface area contributed by atoms with Crippen molar-refractivity contribution >= 4 is 23.2 Å². The molecule has 0 aliphatic heterocycles. The van der Waals surface area contributed by atoms with Gasteiger partial charge in [-0.15, -0.1) is 0 Å². The molecule has 1 aromatic heterocycles. The predicted octanol–water partition coefficient (Wildman–Crippen LogP) is 5.57. The zero-order valence-electron chi connectivity index (χ0n) is 13.2. The molecule has 2 aromatic rings. The van der Waals surface area contributed by atoms with Gasteiger partial charge in [0.1, 0.15) is 21.5 Å².